The summed E-state index contributed by atoms with van der Waals surface area (Å²) in [4.78, 5) is 104. The molecule has 122 heavy (non-hydrogen) atoms. The molecule has 0 bridgehead atoms. The molecule has 8 unspecified atom stereocenters. The number of aliphatic hydroxyl groups excluding tert-OH is 8. The zero-order valence-electron chi connectivity index (χ0n) is 74.3. The standard InChI is InChI=1S/C15H24O5.C14H22O5.C14H24O4.2C13H22O4S.C10H18O4S.C7H12O3.4Ac/c1-15(2)19-9-10(20-15)5-4-6-11-12(14(17)18-3)7-8-13(11)16;1-14(2)18-8-9(19-14)4-3-5-10-11(13(16)17)6-7-12(10)15;1-14(2)17-9-11(18-14)4-3-5-12-10(8-15)6-7-13(12)16;2*1-13(2)16-6-10(17-13)7-18-8-11-9(5-14)3-4-12(11)15;11-3-7-1-2-10(14)9(7)6-15-5-8(13)4-12;8-3-5-1-2-7(10)6(5)4-9;;;;/h10-12H,4-9H2,1-3H3;9-11H,3-8H2,1-2H3,(H,16,17);10-12,15H,3-9H2,1-2H3;2*9-11,14H,3-8H2,1-2H3;7-9,11-13H,1-6H2;5-6,8-9H,1-4H2;;;;/t10?,11-,12?;9?,10-,11?;10-,11?,12-;2*9-,10?,11-;7-,8?,9-;5-,6-;;;;/m0000000..../s1. The van der Waals surface area contributed by atoms with Crippen molar-refractivity contribution in [1.82, 2.24) is 0 Å². The van der Waals surface area contributed by atoms with E-state index in [-0.39, 0.29) is 359 Å². The van der Waals surface area contributed by atoms with E-state index >= 15 is 0 Å². The third kappa shape index (κ3) is 41.7. The molecular weight excluding hydrogens is 2500 g/mol. The average Bonchev–Trinajstić information content (AvgIpc) is 1.67. The Bertz CT molecular complexity index is 2980. The van der Waals surface area contributed by atoms with Crippen LogP contribution in [-0.2, 0) is 95.3 Å². The van der Waals surface area contributed by atoms with E-state index < -0.39 is 46.9 Å². The number of ketones is 7. The van der Waals surface area contributed by atoms with Crippen molar-refractivity contribution in [1.29, 1.82) is 0 Å². The van der Waals surface area contributed by atoms with E-state index in [9.17, 15) is 58.5 Å². The second kappa shape index (κ2) is 61.0. The molecule has 4 radical (unpaired) electrons. The quantitative estimate of drug-likeness (QED) is 0.0280. The maximum atomic E-state index is 11.9. The van der Waals surface area contributed by atoms with Crippen molar-refractivity contribution in [3.8, 4) is 0 Å². The summed E-state index contributed by atoms with van der Waals surface area (Å²) >= 11 is 4.93. The molecule has 29 nitrogen and oxygen atoms in total. The van der Waals surface area contributed by atoms with Crippen molar-refractivity contribution < 1.29 is 317 Å². The van der Waals surface area contributed by atoms with Crippen LogP contribution in [0.1, 0.15) is 217 Å². The van der Waals surface area contributed by atoms with Crippen molar-refractivity contribution in [2.75, 3.05) is 121 Å². The fourth-order valence-electron chi connectivity index (χ4n) is 17.7. The van der Waals surface area contributed by atoms with Crippen molar-refractivity contribution in [3.63, 3.8) is 0 Å². The van der Waals surface area contributed by atoms with Gasteiger partial charge < -0.3 is 98.1 Å². The maximum Gasteiger partial charge on any atom is 0.309 e. The molecule has 12 rings (SSSR count). The van der Waals surface area contributed by atoms with Crippen LogP contribution in [0.2, 0.25) is 0 Å². The number of aliphatic carboxylic acids is 1. The molecule has 20 atom stereocenters. The molecule has 5 heterocycles. The molecule has 0 aromatic heterocycles. The Morgan fingerprint density at radius 3 is 0.902 bits per heavy atom. The summed E-state index contributed by atoms with van der Waals surface area (Å²) in [6, 6.07) is 0. The van der Waals surface area contributed by atoms with Gasteiger partial charge in [-0.25, -0.2) is 0 Å². The smallest absolute Gasteiger partial charge is 0.309 e. The van der Waals surface area contributed by atoms with E-state index in [1.807, 2.05) is 69.2 Å². The normalized spacial score (nSPS) is 32.4. The Balaban J connectivity index is 0.000000483. The van der Waals surface area contributed by atoms with Crippen molar-refractivity contribution in [2.45, 2.75) is 282 Å². The largest absolute Gasteiger partial charge is 0.481 e. The van der Waals surface area contributed by atoms with Crippen molar-refractivity contribution in [3.05, 3.63) is 0 Å². The van der Waals surface area contributed by atoms with Gasteiger partial charge in [0.25, 0.3) is 0 Å². The molecular formula is C86H144Ac4O29S3. The minimum atomic E-state index is -0.836. The van der Waals surface area contributed by atoms with Gasteiger partial charge >= 0.3 is 11.9 Å². The first-order chi connectivity index (χ1) is 55.8. The van der Waals surface area contributed by atoms with Gasteiger partial charge in [0, 0.05) is 330 Å². The van der Waals surface area contributed by atoms with Crippen LogP contribution in [0.3, 0.4) is 0 Å². The molecule has 5 aliphatic heterocycles. The predicted molar refractivity (Wildman–Crippen MR) is 442 cm³/mol. The van der Waals surface area contributed by atoms with Gasteiger partial charge in [-0.2, -0.15) is 35.3 Å². The van der Waals surface area contributed by atoms with Gasteiger partial charge in [0.05, 0.1) is 102 Å². The fourth-order valence-corrected chi connectivity index (χ4v) is 21.5. The molecule has 9 N–H and O–H groups in total. The van der Waals surface area contributed by atoms with E-state index in [1.165, 1.54) is 18.9 Å². The summed E-state index contributed by atoms with van der Waals surface area (Å²) in [5.74, 6) is 1.70. The van der Waals surface area contributed by atoms with Crippen LogP contribution in [-0.4, -0.2) is 285 Å². The molecule has 36 heteroatoms. The molecule has 0 aromatic rings. The third-order valence-corrected chi connectivity index (χ3v) is 28.2. The zero-order valence-corrected chi connectivity index (χ0v) is 95.7. The monoisotopic (exact) mass is 2650 g/mol. The van der Waals surface area contributed by atoms with Gasteiger partial charge in [0.15, 0.2) is 28.9 Å². The second-order valence-corrected chi connectivity index (χ2v) is 39.0. The predicted octanol–water partition coefficient (Wildman–Crippen LogP) is 8.10. The molecule has 692 valence electrons. The summed E-state index contributed by atoms with van der Waals surface area (Å²) in [5.41, 5.74) is 0. The number of esters is 1. The number of ether oxygens (including phenoxy) is 11. The summed E-state index contributed by atoms with van der Waals surface area (Å²) in [6.45, 7) is 22.3. The number of carboxylic acids is 1. The number of Topliss-reactive ketones (excluding diaryl/α,β-unsaturated/α-hetero) is 7. The van der Waals surface area contributed by atoms with E-state index in [1.54, 1.807) is 23.5 Å². The zero-order chi connectivity index (χ0) is 87.1. The topological polar surface area (TPSA) is 437 Å². The fraction of sp³-hybridized carbons (Fsp3) is 0.895. The van der Waals surface area contributed by atoms with Crippen molar-refractivity contribution in [2.24, 2.45) is 82.9 Å². The molecule has 0 spiro atoms. The van der Waals surface area contributed by atoms with E-state index in [4.69, 9.17) is 82.7 Å². The molecule has 0 aromatic carbocycles. The number of carbonyl (C=O) groups is 9. The first-order valence-corrected chi connectivity index (χ1v) is 46.6. The molecule has 7 aliphatic carbocycles. The van der Waals surface area contributed by atoms with Gasteiger partial charge in [-0.15, -0.1) is 0 Å². The van der Waals surface area contributed by atoms with Gasteiger partial charge in [0.2, 0.25) is 0 Å². The van der Waals surface area contributed by atoms with Crippen molar-refractivity contribution >= 4 is 87.7 Å². The first-order valence-electron chi connectivity index (χ1n) is 43.1. The number of carboxylic acid groups (broad SMARTS) is 1. The molecule has 7 saturated carbocycles. The number of hydrogen-bond acceptors (Lipinski definition) is 31. The number of hydrogen-bond donors (Lipinski definition) is 9. The van der Waals surface area contributed by atoms with Crippen LogP contribution >= 0.6 is 35.3 Å². The number of thioether (sulfide) groups is 3. The number of aliphatic hydroxyl groups is 8. The Morgan fingerprint density at radius 1 is 0.352 bits per heavy atom. The average molecular weight is 2650 g/mol. The maximum absolute atomic E-state index is 11.9. The van der Waals surface area contributed by atoms with Gasteiger partial charge in [-0.3, -0.25) is 43.2 Å². The second-order valence-electron chi connectivity index (χ2n) is 35.7. The molecule has 5 saturated heterocycles. The first kappa shape index (κ1) is 121. The minimum absolute atomic E-state index is 0. The number of methoxy groups -OCH3 is 1. The summed E-state index contributed by atoms with van der Waals surface area (Å²) in [5, 5.41) is 81.0. The van der Waals surface area contributed by atoms with Crippen LogP contribution in [0.5, 0.6) is 0 Å². The summed E-state index contributed by atoms with van der Waals surface area (Å²) in [6.07, 6.45) is 16.5. The summed E-state index contributed by atoms with van der Waals surface area (Å²) in [7, 11) is 1.38. The van der Waals surface area contributed by atoms with Crippen LogP contribution < -0.4 is 0 Å². The Labute approximate surface area is 879 Å². The Hall–Kier alpha value is 2.73. The van der Waals surface area contributed by atoms with Crippen LogP contribution in [0.25, 0.3) is 0 Å². The van der Waals surface area contributed by atoms with Gasteiger partial charge in [-0.05, 0) is 182 Å². The minimum Gasteiger partial charge on any atom is -0.481 e. The molecule has 12 aliphatic rings. The van der Waals surface area contributed by atoms with E-state index in [2.05, 4.69) is 0 Å². The van der Waals surface area contributed by atoms with Crippen LogP contribution in [0.4, 0.5) is 0 Å². The molecule has 0 amide bonds. The van der Waals surface area contributed by atoms with Crippen LogP contribution in [0.15, 0.2) is 0 Å². The number of rotatable bonds is 33. The molecule has 12 fully saturated rings. The summed E-state index contributed by atoms with van der Waals surface area (Å²) < 4.78 is 60.9. The van der Waals surface area contributed by atoms with Crippen LogP contribution in [0, 0.1) is 259 Å². The Morgan fingerprint density at radius 2 is 0.615 bits per heavy atom. The van der Waals surface area contributed by atoms with E-state index in [0.717, 1.165) is 106 Å². The third-order valence-electron chi connectivity index (χ3n) is 24.6. The Kier molecular flexibility index (Phi) is 60.4. The van der Waals surface area contributed by atoms with Gasteiger partial charge in [-0.1, -0.05) is 19.3 Å². The SMILES string of the molecule is CC1(C)OCC(CCC[C@@H]2C(=O)CCC2C(=O)O)O1.CC1(C)OCC(CCC[C@@H]2C(=O)CC[C@H]2CO)O1.CC1(C)OCC(CSC[C@@H]2C(=O)CC[C@H]2CO)O1.CC1(C)OCC(CSC[C@@H]2C(=O)CC[C@H]2CO)O1.COC(=O)C1CCC(=O)[C@H]1CCCC1COC(C)(C)O1.O=C1CC[C@@H](CO)[C@@H]1CO.O=C1CC[C@@H](CO)[C@@H]1CSCC(O)CO.[Ac].[Ac].[Ac].[Ac]. The van der Waals surface area contributed by atoms with E-state index in [0.29, 0.717) is 126 Å². The van der Waals surface area contributed by atoms with Gasteiger partial charge in [0.1, 0.15) is 40.5 Å². The number of carbonyl (C=O) groups excluding carboxylic acids is 8.